The van der Waals surface area contributed by atoms with Crippen LogP contribution < -0.4 is 5.56 Å². The highest BCUT2D eigenvalue weighted by Crippen LogP contribution is 2.39. The van der Waals surface area contributed by atoms with Crippen LogP contribution in [0.1, 0.15) is 24.3 Å². The quantitative estimate of drug-likeness (QED) is 0.845. The van der Waals surface area contributed by atoms with Crippen molar-refractivity contribution in [2.24, 2.45) is 0 Å². The maximum Gasteiger partial charge on any atom is 0.291 e. The molecule has 18 heavy (non-hydrogen) atoms. The molecule has 0 bridgehead atoms. The Morgan fingerprint density at radius 3 is 2.44 bits per heavy atom. The summed E-state index contributed by atoms with van der Waals surface area (Å²) < 4.78 is 1.25. The van der Waals surface area contributed by atoms with E-state index < -0.39 is 5.56 Å². The van der Waals surface area contributed by atoms with E-state index >= 15 is 0 Å². The van der Waals surface area contributed by atoms with Gasteiger partial charge >= 0.3 is 0 Å². The van der Waals surface area contributed by atoms with Crippen LogP contribution in [0.4, 0.5) is 0 Å². The van der Waals surface area contributed by atoms with Crippen molar-refractivity contribution < 1.29 is 0 Å². The molecule has 0 N–H and O–H groups in total. The van der Waals surface area contributed by atoms with Gasteiger partial charge < -0.3 is 0 Å². The van der Waals surface area contributed by atoms with E-state index in [1.807, 2.05) is 24.3 Å². The summed E-state index contributed by atoms with van der Waals surface area (Å²) in [6.45, 7) is 0. The second kappa shape index (κ2) is 4.41. The normalized spacial score (nSPS) is 14.8. The summed E-state index contributed by atoms with van der Waals surface area (Å²) >= 11 is 11.6. The first-order valence-electron chi connectivity index (χ1n) is 5.70. The van der Waals surface area contributed by atoms with Gasteiger partial charge in [-0.3, -0.25) is 4.79 Å². The number of rotatable bonds is 2. The molecule has 1 aliphatic rings. The van der Waals surface area contributed by atoms with Crippen LogP contribution in [-0.2, 0) is 0 Å². The molecule has 5 heteroatoms. The van der Waals surface area contributed by atoms with Crippen molar-refractivity contribution in [2.75, 3.05) is 0 Å². The van der Waals surface area contributed by atoms with Crippen LogP contribution in [-0.4, -0.2) is 9.78 Å². The summed E-state index contributed by atoms with van der Waals surface area (Å²) in [5.41, 5.74) is 1.61. The van der Waals surface area contributed by atoms with E-state index in [2.05, 4.69) is 5.10 Å². The molecule has 1 heterocycles. The van der Waals surface area contributed by atoms with Gasteiger partial charge in [-0.05, 0) is 36.5 Å². The molecule has 3 rings (SSSR count). The fourth-order valence-corrected chi connectivity index (χ4v) is 2.15. The molecule has 0 unspecified atom stereocenters. The molecule has 3 nitrogen and oxygen atoms in total. The van der Waals surface area contributed by atoms with Gasteiger partial charge in [0.2, 0.25) is 0 Å². The number of hydrogen-bond acceptors (Lipinski definition) is 2. The van der Waals surface area contributed by atoms with Crippen LogP contribution in [0.2, 0.25) is 10.0 Å². The van der Waals surface area contributed by atoms with Crippen molar-refractivity contribution in [3.63, 3.8) is 0 Å². The highest BCUT2D eigenvalue weighted by Gasteiger charge is 2.23. The minimum absolute atomic E-state index is 0.00191. The lowest BCUT2D eigenvalue weighted by atomic mass is 10.1. The summed E-state index contributed by atoms with van der Waals surface area (Å²) in [5.74, 6) is 0.692. The molecule has 1 fully saturated rings. The third-order valence-electron chi connectivity index (χ3n) is 3.06. The van der Waals surface area contributed by atoms with Crippen LogP contribution in [0.3, 0.4) is 0 Å². The standard InChI is InChI=1S/C13H10Cl2N2O/c14-11-7-16-17(13(18)12(11)15)10-5-3-9(4-6-10)8-1-2-8/h3-8H,1-2H2. The molecule has 0 radical (unpaired) electrons. The van der Waals surface area contributed by atoms with Gasteiger partial charge in [-0.15, -0.1) is 0 Å². The van der Waals surface area contributed by atoms with Crippen molar-refractivity contribution in [1.82, 2.24) is 9.78 Å². The smallest absolute Gasteiger partial charge is 0.266 e. The molecule has 1 aromatic carbocycles. The lowest BCUT2D eigenvalue weighted by molar-refractivity contribution is 0.806. The minimum Gasteiger partial charge on any atom is -0.266 e. The van der Waals surface area contributed by atoms with E-state index in [4.69, 9.17) is 23.2 Å². The Morgan fingerprint density at radius 2 is 1.83 bits per heavy atom. The average molecular weight is 281 g/mol. The Hall–Kier alpha value is -1.32. The van der Waals surface area contributed by atoms with Gasteiger partial charge in [0.25, 0.3) is 5.56 Å². The monoisotopic (exact) mass is 280 g/mol. The van der Waals surface area contributed by atoms with Gasteiger partial charge in [-0.2, -0.15) is 9.78 Å². The second-order valence-electron chi connectivity index (χ2n) is 4.39. The zero-order valence-electron chi connectivity index (χ0n) is 9.44. The van der Waals surface area contributed by atoms with E-state index in [0.29, 0.717) is 11.6 Å². The van der Waals surface area contributed by atoms with Crippen LogP contribution in [0.15, 0.2) is 35.3 Å². The second-order valence-corrected chi connectivity index (χ2v) is 5.17. The molecule has 1 aromatic heterocycles. The lowest BCUT2D eigenvalue weighted by Crippen LogP contribution is -2.21. The van der Waals surface area contributed by atoms with Crippen molar-refractivity contribution in [3.8, 4) is 5.69 Å². The minimum atomic E-state index is -0.400. The van der Waals surface area contributed by atoms with Gasteiger partial charge in [0, 0.05) is 0 Å². The highest BCUT2D eigenvalue weighted by molar-refractivity contribution is 6.41. The largest absolute Gasteiger partial charge is 0.291 e. The first-order valence-corrected chi connectivity index (χ1v) is 6.46. The zero-order valence-corrected chi connectivity index (χ0v) is 10.9. The van der Waals surface area contributed by atoms with E-state index in [9.17, 15) is 4.79 Å². The molecule has 0 saturated heterocycles. The average Bonchev–Trinajstić information content (AvgIpc) is 3.21. The van der Waals surface area contributed by atoms with Gasteiger partial charge in [0.05, 0.1) is 16.9 Å². The molecular formula is C13H10Cl2N2O. The Bertz CT molecular complexity index is 645. The zero-order chi connectivity index (χ0) is 12.7. The van der Waals surface area contributed by atoms with Gasteiger partial charge in [0.15, 0.2) is 0 Å². The number of nitrogens with zero attached hydrogens (tertiary/aromatic N) is 2. The summed E-state index contributed by atoms with van der Waals surface area (Å²) in [6, 6.07) is 7.83. The molecule has 92 valence electrons. The van der Waals surface area contributed by atoms with Crippen molar-refractivity contribution >= 4 is 23.2 Å². The van der Waals surface area contributed by atoms with Crippen molar-refractivity contribution in [1.29, 1.82) is 0 Å². The fraction of sp³-hybridized carbons (Fsp3) is 0.231. The van der Waals surface area contributed by atoms with E-state index in [0.717, 1.165) is 0 Å². The van der Waals surface area contributed by atoms with Crippen LogP contribution >= 0.6 is 23.2 Å². The SMILES string of the molecule is O=c1c(Cl)c(Cl)cnn1-c1ccc(C2CC2)cc1. The van der Waals surface area contributed by atoms with Gasteiger partial charge in [0.1, 0.15) is 5.02 Å². The van der Waals surface area contributed by atoms with Crippen LogP contribution in [0, 0.1) is 0 Å². The number of aromatic nitrogens is 2. The van der Waals surface area contributed by atoms with E-state index in [-0.39, 0.29) is 10.0 Å². The summed E-state index contributed by atoms with van der Waals surface area (Å²) in [5, 5.41) is 4.16. The Balaban J connectivity index is 2.04. The molecule has 1 saturated carbocycles. The molecule has 0 aliphatic heterocycles. The van der Waals surface area contributed by atoms with Gasteiger partial charge in [-0.1, -0.05) is 35.3 Å². The number of hydrogen-bond donors (Lipinski definition) is 0. The predicted molar refractivity (Wildman–Crippen MR) is 71.8 cm³/mol. The first-order chi connectivity index (χ1) is 8.66. The van der Waals surface area contributed by atoms with E-state index in [1.54, 1.807) is 0 Å². The van der Waals surface area contributed by atoms with Crippen molar-refractivity contribution in [2.45, 2.75) is 18.8 Å². The molecule has 1 aliphatic carbocycles. The molecule has 0 spiro atoms. The molecule has 0 amide bonds. The highest BCUT2D eigenvalue weighted by atomic mass is 35.5. The number of halogens is 2. The van der Waals surface area contributed by atoms with Crippen LogP contribution in [0.25, 0.3) is 5.69 Å². The Labute approximate surface area is 114 Å². The van der Waals surface area contributed by atoms with Crippen molar-refractivity contribution in [3.05, 3.63) is 56.4 Å². The third-order valence-corrected chi connectivity index (χ3v) is 3.81. The fourth-order valence-electron chi connectivity index (χ4n) is 1.90. The molecular weight excluding hydrogens is 271 g/mol. The topological polar surface area (TPSA) is 34.9 Å². The Kier molecular flexibility index (Phi) is 2.88. The van der Waals surface area contributed by atoms with Crippen LogP contribution in [0.5, 0.6) is 0 Å². The summed E-state index contributed by atoms with van der Waals surface area (Å²) in [7, 11) is 0. The molecule has 0 atom stereocenters. The van der Waals surface area contributed by atoms with Gasteiger partial charge in [-0.25, -0.2) is 0 Å². The summed E-state index contributed by atoms with van der Waals surface area (Å²) in [6.07, 6.45) is 3.88. The maximum atomic E-state index is 11.9. The first kappa shape index (κ1) is 11.8. The lowest BCUT2D eigenvalue weighted by Gasteiger charge is -2.06. The number of benzene rings is 1. The van der Waals surface area contributed by atoms with E-state index in [1.165, 1.54) is 29.3 Å². The predicted octanol–water partition coefficient (Wildman–Crippen LogP) is 3.42. The molecule has 2 aromatic rings. The third kappa shape index (κ3) is 2.04. The maximum absolute atomic E-state index is 11.9. The Morgan fingerprint density at radius 1 is 1.17 bits per heavy atom. The summed E-state index contributed by atoms with van der Waals surface area (Å²) in [4.78, 5) is 11.9.